The molecule has 12 heteroatoms. The van der Waals surface area contributed by atoms with E-state index in [-0.39, 0.29) is 16.6 Å². The fourth-order valence-electron chi connectivity index (χ4n) is 3.54. The maximum absolute atomic E-state index is 13.3. The molecule has 1 aliphatic heterocycles. The van der Waals surface area contributed by atoms with Gasteiger partial charge in [-0.05, 0) is 37.8 Å². The molecule has 1 unspecified atom stereocenters. The van der Waals surface area contributed by atoms with Gasteiger partial charge in [0, 0.05) is 36.3 Å². The van der Waals surface area contributed by atoms with E-state index >= 15 is 0 Å². The molecule has 3 aromatic rings. The molecule has 4 heterocycles. The Bertz CT molecular complexity index is 1080. The van der Waals surface area contributed by atoms with Gasteiger partial charge in [-0.1, -0.05) is 11.3 Å². The van der Waals surface area contributed by atoms with E-state index in [1.54, 1.807) is 6.20 Å². The van der Waals surface area contributed by atoms with Gasteiger partial charge < -0.3 is 10.2 Å². The number of imidazole rings is 1. The van der Waals surface area contributed by atoms with E-state index in [9.17, 15) is 13.2 Å². The quantitative estimate of drug-likeness (QED) is 0.512. The molecular weight excluding hydrogens is 447 g/mol. The number of anilines is 1. The summed E-state index contributed by atoms with van der Waals surface area (Å²) >= 11 is 2.40. The van der Waals surface area contributed by atoms with E-state index in [1.807, 2.05) is 10.6 Å². The van der Waals surface area contributed by atoms with Crippen molar-refractivity contribution in [1.82, 2.24) is 29.6 Å². The molecule has 1 saturated heterocycles. The second-order valence-electron chi connectivity index (χ2n) is 8.16. The van der Waals surface area contributed by atoms with E-state index in [0.29, 0.717) is 29.4 Å². The zero-order chi connectivity index (χ0) is 21.6. The first-order chi connectivity index (χ1) is 15.0. The van der Waals surface area contributed by atoms with Gasteiger partial charge in [-0.2, -0.15) is 0 Å². The Kier molecular flexibility index (Phi) is 5.57. The van der Waals surface area contributed by atoms with Gasteiger partial charge in [0.1, 0.15) is 12.4 Å². The van der Waals surface area contributed by atoms with E-state index in [4.69, 9.17) is 0 Å². The average Bonchev–Trinajstić information content (AvgIpc) is 3.17. The lowest BCUT2D eigenvalue weighted by molar-refractivity contribution is 0.150. The van der Waals surface area contributed by atoms with Gasteiger partial charge in [0.25, 0.3) is 6.43 Å². The maximum Gasteiger partial charge on any atom is 0.291 e. The number of alkyl halides is 3. The third kappa shape index (κ3) is 4.26. The molecule has 0 aromatic carbocycles. The second-order valence-corrected chi connectivity index (χ2v) is 10.0. The predicted octanol–water partition coefficient (Wildman–Crippen LogP) is 3.69. The van der Waals surface area contributed by atoms with E-state index < -0.39 is 13.1 Å². The lowest BCUT2D eigenvalue weighted by atomic mass is 10.2. The van der Waals surface area contributed by atoms with E-state index in [0.717, 1.165) is 41.3 Å². The summed E-state index contributed by atoms with van der Waals surface area (Å²) in [7, 11) is 0. The van der Waals surface area contributed by atoms with E-state index in [2.05, 4.69) is 43.1 Å². The first-order valence-electron chi connectivity index (χ1n) is 10.1. The highest BCUT2D eigenvalue weighted by Gasteiger charge is 2.37. The maximum atomic E-state index is 13.3. The van der Waals surface area contributed by atoms with Crippen molar-refractivity contribution in [3.63, 3.8) is 0 Å². The Balaban J connectivity index is 1.56. The van der Waals surface area contributed by atoms with Crippen molar-refractivity contribution in [2.75, 3.05) is 31.2 Å². The highest BCUT2D eigenvalue weighted by Crippen LogP contribution is 2.39. The number of fused-ring (bicyclic) bond motifs is 1. The van der Waals surface area contributed by atoms with Crippen LogP contribution in [0.25, 0.3) is 16.3 Å². The number of nitrogens with zero attached hydrogens (tertiary/aromatic N) is 5. The van der Waals surface area contributed by atoms with Crippen molar-refractivity contribution in [2.24, 2.45) is 0 Å². The molecule has 0 amide bonds. The van der Waals surface area contributed by atoms with Crippen LogP contribution in [0.15, 0.2) is 23.4 Å². The highest BCUT2D eigenvalue weighted by molar-refractivity contribution is 7.97. The topological polar surface area (TPSA) is 70.4 Å². The Morgan fingerprint density at radius 1 is 1.39 bits per heavy atom. The number of piperazine rings is 1. The van der Waals surface area contributed by atoms with Crippen molar-refractivity contribution in [3.05, 3.63) is 23.5 Å². The van der Waals surface area contributed by atoms with Gasteiger partial charge in [0.05, 0.1) is 17.9 Å². The molecule has 7 nitrogen and oxygen atoms in total. The normalized spacial score (nSPS) is 20.7. The molecule has 0 bridgehead atoms. The highest BCUT2D eigenvalue weighted by atomic mass is 32.2. The smallest absolute Gasteiger partial charge is 0.291 e. The standard InChI is InChI=1S/C19H22F3N7S2/c1-19(2-3-19)27-31-12-6-13(28-5-4-23-11(7-20)9-28)16-24-8-14(29(16)10-12)17-25-26-18(30-17)15(21)22/h6,8,10-11,15,23,27H,2-5,7,9H2,1H3. The summed E-state index contributed by atoms with van der Waals surface area (Å²) in [4.78, 5) is 7.65. The van der Waals surface area contributed by atoms with Crippen molar-refractivity contribution in [2.45, 2.75) is 42.7 Å². The number of halogens is 3. The summed E-state index contributed by atoms with van der Waals surface area (Å²) in [5, 5.41) is 10.8. The third-order valence-electron chi connectivity index (χ3n) is 5.61. The minimum Gasteiger partial charge on any atom is -0.366 e. The first-order valence-corrected chi connectivity index (χ1v) is 11.7. The fraction of sp³-hybridized carbons (Fsp3) is 0.526. The van der Waals surface area contributed by atoms with Gasteiger partial charge in [-0.3, -0.25) is 9.12 Å². The number of pyridine rings is 1. The van der Waals surface area contributed by atoms with Gasteiger partial charge in [0.2, 0.25) is 0 Å². The van der Waals surface area contributed by atoms with Crippen LogP contribution < -0.4 is 14.9 Å². The molecule has 2 fully saturated rings. The van der Waals surface area contributed by atoms with E-state index in [1.165, 1.54) is 11.9 Å². The molecule has 2 N–H and O–H groups in total. The molecule has 31 heavy (non-hydrogen) atoms. The van der Waals surface area contributed by atoms with Crippen molar-refractivity contribution in [3.8, 4) is 10.7 Å². The minimum absolute atomic E-state index is 0.136. The largest absolute Gasteiger partial charge is 0.366 e. The first kappa shape index (κ1) is 21.0. The summed E-state index contributed by atoms with van der Waals surface area (Å²) in [6.45, 7) is 3.67. The lowest BCUT2D eigenvalue weighted by Gasteiger charge is -2.34. The average molecular weight is 470 g/mol. The van der Waals surface area contributed by atoms with Crippen LogP contribution in [0.2, 0.25) is 0 Å². The summed E-state index contributed by atoms with van der Waals surface area (Å²) in [6.07, 6.45) is 3.16. The Hall–Kier alpha value is -1.89. The second kappa shape index (κ2) is 8.23. The minimum atomic E-state index is -2.66. The van der Waals surface area contributed by atoms with Crippen LogP contribution in [-0.2, 0) is 0 Å². The zero-order valence-electron chi connectivity index (χ0n) is 16.8. The molecule has 2 aliphatic rings. The van der Waals surface area contributed by atoms with Crippen LogP contribution in [0.5, 0.6) is 0 Å². The third-order valence-corrected chi connectivity index (χ3v) is 7.61. The Labute approximate surface area is 185 Å². The van der Waals surface area contributed by atoms with Crippen molar-refractivity contribution in [1.29, 1.82) is 0 Å². The number of hydrogen-bond acceptors (Lipinski definition) is 8. The number of aromatic nitrogens is 4. The molecule has 1 aliphatic carbocycles. The van der Waals surface area contributed by atoms with Crippen LogP contribution in [0.3, 0.4) is 0 Å². The van der Waals surface area contributed by atoms with Gasteiger partial charge in [-0.15, -0.1) is 10.2 Å². The number of nitrogens with one attached hydrogen (secondary N) is 2. The summed E-state index contributed by atoms with van der Waals surface area (Å²) in [6, 6.07) is 1.82. The summed E-state index contributed by atoms with van der Waals surface area (Å²) < 4.78 is 44.7. The fourth-order valence-corrected chi connectivity index (χ4v) is 5.14. The molecule has 166 valence electrons. The number of hydrogen-bond donors (Lipinski definition) is 2. The van der Waals surface area contributed by atoms with Crippen molar-refractivity contribution >= 4 is 34.6 Å². The zero-order valence-corrected chi connectivity index (χ0v) is 18.4. The van der Waals surface area contributed by atoms with Crippen LogP contribution in [-0.4, -0.2) is 57.5 Å². The molecule has 0 spiro atoms. The van der Waals surface area contributed by atoms with Crippen molar-refractivity contribution < 1.29 is 13.2 Å². The molecule has 0 radical (unpaired) electrons. The Morgan fingerprint density at radius 3 is 2.94 bits per heavy atom. The number of rotatable bonds is 7. The molecule has 1 saturated carbocycles. The van der Waals surface area contributed by atoms with Crippen LogP contribution in [0.1, 0.15) is 31.2 Å². The summed E-state index contributed by atoms with van der Waals surface area (Å²) in [5.41, 5.74) is 2.32. The lowest BCUT2D eigenvalue weighted by Crippen LogP contribution is -2.51. The summed E-state index contributed by atoms with van der Waals surface area (Å²) in [5.74, 6) is 0. The molecule has 3 aromatic heterocycles. The SMILES string of the molecule is CC1(NSc2cc(N3CCNC(CF)C3)c3ncc(-c4nnc(C(F)F)s4)n3c2)CC1. The molecule has 5 rings (SSSR count). The van der Waals surface area contributed by atoms with Gasteiger partial charge in [-0.25, -0.2) is 18.2 Å². The monoisotopic (exact) mass is 469 g/mol. The van der Waals surface area contributed by atoms with Crippen LogP contribution >= 0.6 is 23.3 Å². The molecular formula is C19H22F3N7S2. The molecule has 1 atom stereocenters. The van der Waals surface area contributed by atoms with Crippen LogP contribution in [0, 0.1) is 0 Å². The van der Waals surface area contributed by atoms with Gasteiger partial charge in [0.15, 0.2) is 15.7 Å². The van der Waals surface area contributed by atoms with Gasteiger partial charge >= 0.3 is 0 Å². The van der Waals surface area contributed by atoms with Crippen LogP contribution in [0.4, 0.5) is 18.9 Å². The Morgan fingerprint density at radius 2 is 2.23 bits per heavy atom. The predicted molar refractivity (Wildman–Crippen MR) is 116 cm³/mol.